The van der Waals surface area contributed by atoms with E-state index in [1.165, 1.54) is 12.8 Å². The number of carbonyl (C=O) groups excluding carboxylic acids is 1. The highest BCUT2D eigenvalue weighted by atomic mass is 16.1. The monoisotopic (exact) mass is 240 g/mol. The van der Waals surface area contributed by atoms with Crippen LogP contribution in [0.4, 0.5) is 5.95 Å². The lowest BCUT2D eigenvalue weighted by atomic mass is 10.4. The summed E-state index contributed by atoms with van der Waals surface area (Å²) < 4.78 is 1.66. The third-order valence-corrected chi connectivity index (χ3v) is 2.25. The van der Waals surface area contributed by atoms with Gasteiger partial charge < -0.3 is 4.90 Å². The van der Waals surface area contributed by atoms with Gasteiger partial charge in [-0.3, -0.25) is 4.79 Å². The Balaban J connectivity index is 0.000000581. The lowest BCUT2D eigenvalue weighted by molar-refractivity contribution is 0.111. The van der Waals surface area contributed by atoms with Crippen molar-refractivity contribution >= 4 is 12.2 Å². The molecule has 0 radical (unpaired) electrons. The van der Waals surface area contributed by atoms with Crippen LogP contribution in [0.2, 0.25) is 0 Å². The van der Waals surface area contributed by atoms with Crippen LogP contribution in [-0.4, -0.2) is 34.1 Å². The third kappa shape index (κ3) is 4.17. The Morgan fingerprint density at radius 1 is 1.12 bits per heavy atom. The molecule has 5 nitrogen and oxygen atoms in total. The van der Waals surface area contributed by atoms with Crippen LogP contribution in [0.25, 0.3) is 0 Å². The zero-order chi connectivity index (χ0) is 13.3. The van der Waals surface area contributed by atoms with Crippen LogP contribution >= 0.6 is 0 Å². The fraction of sp³-hybridized carbons (Fsp3) is 0.750. The number of aryl methyl sites for hydroxylation is 1. The Hall–Kier alpha value is -1.39. The van der Waals surface area contributed by atoms with Gasteiger partial charge in [-0.15, -0.1) is 5.10 Å². The number of rotatable bonds is 2. The van der Waals surface area contributed by atoms with Crippen LogP contribution in [0, 0.1) is 0 Å². The van der Waals surface area contributed by atoms with Gasteiger partial charge in [0.05, 0.1) is 0 Å². The second kappa shape index (κ2) is 8.73. The van der Waals surface area contributed by atoms with E-state index in [0.717, 1.165) is 19.0 Å². The van der Waals surface area contributed by atoms with Crippen molar-refractivity contribution < 1.29 is 4.79 Å². The fourth-order valence-corrected chi connectivity index (χ4v) is 1.64. The number of nitrogens with zero attached hydrogens (tertiary/aromatic N) is 4. The van der Waals surface area contributed by atoms with Crippen LogP contribution in [0.1, 0.15) is 51.2 Å². The summed E-state index contributed by atoms with van der Waals surface area (Å²) in [6, 6.07) is 0. The Bertz CT molecular complexity index is 316. The van der Waals surface area contributed by atoms with Gasteiger partial charge in [-0.05, 0) is 12.8 Å². The summed E-state index contributed by atoms with van der Waals surface area (Å²) in [6.07, 6.45) is 3.08. The summed E-state index contributed by atoms with van der Waals surface area (Å²) >= 11 is 0. The molecule has 98 valence electrons. The van der Waals surface area contributed by atoms with E-state index in [9.17, 15) is 4.79 Å². The van der Waals surface area contributed by atoms with Gasteiger partial charge in [0.15, 0.2) is 6.29 Å². The fourth-order valence-electron chi connectivity index (χ4n) is 1.64. The maximum atomic E-state index is 10.4. The van der Waals surface area contributed by atoms with Crippen molar-refractivity contribution in [2.45, 2.75) is 40.5 Å². The minimum absolute atomic E-state index is 0.268. The van der Waals surface area contributed by atoms with Gasteiger partial charge in [0, 0.05) is 20.1 Å². The molecule has 2 rings (SSSR count). The first kappa shape index (κ1) is 15.6. The van der Waals surface area contributed by atoms with Crippen molar-refractivity contribution in [2.24, 2.45) is 7.05 Å². The minimum Gasteiger partial charge on any atom is -0.341 e. The molecule has 1 aliphatic heterocycles. The summed E-state index contributed by atoms with van der Waals surface area (Å²) in [5, 5.41) is 3.97. The first-order valence-corrected chi connectivity index (χ1v) is 6.42. The Morgan fingerprint density at radius 3 is 2.06 bits per heavy atom. The van der Waals surface area contributed by atoms with E-state index < -0.39 is 0 Å². The number of aldehydes is 1. The van der Waals surface area contributed by atoms with Crippen molar-refractivity contribution in [2.75, 3.05) is 18.0 Å². The molecule has 0 unspecified atom stereocenters. The highest BCUT2D eigenvalue weighted by molar-refractivity contribution is 5.69. The summed E-state index contributed by atoms with van der Waals surface area (Å²) in [5.74, 6) is 1.07. The largest absolute Gasteiger partial charge is 0.341 e. The lowest BCUT2D eigenvalue weighted by Crippen LogP contribution is -2.21. The highest BCUT2D eigenvalue weighted by Gasteiger charge is 2.17. The van der Waals surface area contributed by atoms with Crippen molar-refractivity contribution in [1.29, 1.82) is 0 Å². The predicted octanol–water partition coefficient (Wildman–Crippen LogP) is 2.28. The molecule has 0 atom stereocenters. The maximum Gasteiger partial charge on any atom is 0.224 e. The zero-order valence-corrected chi connectivity index (χ0v) is 11.6. The molecule has 0 aliphatic carbocycles. The summed E-state index contributed by atoms with van der Waals surface area (Å²) in [4.78, 5) is 16.7. The normalized spacial score (nSPS) is 13.4. The molecule has 0 N–H and O–H groups in total. The smallest absolute Gasteiger partial charge is 0.224 e. The van der Waals surface area contributed by atoms with Gasteiger partial charge in [-0.2, -0.15) is 4.98 Å². The Morgan fingerprint density at radius 2 is 1.65 bits per heavy atom. The first-order valence-electron chi connectivity index (χ1n) is 6.42. The van der Waals surface area contributed by atoms with E-state index >= 15 is 0 Å². The minimum atomic E-state index is 0.268. The molecule has 1 saturated heterocycles. The quantitative estimate of drug-likeness (QED) is 0.744. The van der Waals surface area contributed by atoms with Crippen LogP contribution in [0.15, 0.2) is 0 Å². The third-order valence-electron chi connectivity index (χ3n) is 2.25. The molecule has 1 aromatic heterocycles. The average molecular weight is 240 g/mol. The molecular formula is C12H24N4O. The van der Waals surface area contributed by atoms with Gasteiger partial charge in [-0.25, -0.2) is 4.68 Å². The van der Waals surface area contributed by atoms with Crippen molar-refractivity contribution in [3.8, 4) is 0 Å². The van der Waals surface area contributed by atoms with Crippen LogP contribution in [-0.2, 0) is 7.05 Å². The van der Waals surface area contributed by atoms with Crippen molar-refractivity contribution in [3.63, 3.8) is 0 Å². The van der Waals surface area contributed by atoms with Crippen molar-refractivity contribution in [1.82, 2.24) is 14.8 Å². The number of hydrogen-bond acceptors (Lipinski definition) is 4. The number of hydrogen-bond donors (Lipinski definition) is 0. The Kier molecular flexibility index (Phi) is 8.01. The van der Waals surface area contributed by atoms with Gasteiger partial charge in [0.2, 0.25) is 11.8 Å². The second-order valence-electron chi connectivity index (χ2n) is 3.21. The standard InChI is InChI=1S/C8H12N4O.2C2H6/c1-11-8(9-7(6-13)10-11)12-4-2-3-5-12;2*1-2/h6H,2-5H2,1H3;2*1-2H3. The molecule has 0 bridgehead atoms. The van der Waals surface area contributed by atoms with Gasteiger partial charge in [-0.1, -0.05) is 27.7 Å². The average Bonchev–Trinajstić information content (AvgIpc) is 3.03. The zero-order valence-electron chi connectivity index (χ0n) is 11.6. The topological polar surface area (TPSA) is 51.0 Å². The second-order valence-corrected chi connectivity index (χ2v) is 3.21. The van der Waals surface area contributed by atoms with E-state index in [-0.39, 0.29) is 5.82 Å². The van der Waals surface area contributed by atoms with Crippen LogP contribution in [0.5, 0.6) is 0 Å². The summed E-state index contributed by atoms with van der Waals surface area (Å²) in [7, 11) is 1.81. The van der Waals surface area contributed by atoms with E-state index in [1.807, 2.05) is 34.7 Å². The van der Waals surface area contributed by atoms with E-state index in [4.69, 9.17) is 0 Å². The van der Waals surface area contributed by atoms with Gasteiger partial charge in [0.25, 0.3) is 0 Å². The van der Waals surface area contributed by atoms with Crippen LogP contribution < -0.4 is 4.90 Å². The highest BCUT2D eigenvalue weighted by Crippen LogP contribution is 2.16. The molecule has 0 aromatic carbocycles. The van der Waals surface area contributed by atoms with Gasteiger partial charge in [0.1, 0.15) is 0 Å². The van der Waals surface area contributed by atoms with Gasteiger partial charge >= 0.3 is 0 Å². The molecule has 2 heterocycles. The molecule has 17 heavy (non-hydrogen) atoms. The first-order chi connectivity index (χ1) is 8.31. The number of carbonyl (C=O) groups is 1. The van der Waals surface area contributed by atoms with Crippen LogP contribution in [0.3, 0.4) is 0 Å². The maximum absolute atomic E-state index is 10.4. The molecule has 0 amide bonds. The molecule has 1 aliphatic rings. The van der Waals surface area contributed by atoms with E-state index in [1.54, 1.807) is 4.68 Å². The van der Waals surface area contributed by atoms with E-state index in [2.05, 4.69) is 15.0 Å². The molecular weight excluding hydrogens is 216 g/mol. The predicted molar refractivity (Wildman–Crippen MR) is 70.5 cm³/mol. The number of anilines is 1. The number of aromatic nitrogens is 3. The molecule has 1 aromatic rings. The molecule has 0 saturated carbocycles. The van der Waals surface area contributed by atoms with Crippen molar-refractivity contribution in [3.05, 3.63) is 5.82 Å². The Labute approximate surface area is 104 Å². The molecule has 1 fully saturated rings. The summed E-state index contributed by atoms with van der Waals surface area (Å²) in [6.45, 7) is 10.0. The summed E-state index contributed by atoms with van der Waals surface area (Å²) in [5.41, 5.74) is 0. The molecule has 5 heteroatoms. The molecule has 0 spiro atoms. The SMILES string of the molecule is CC.CC.Cn1nc(C=O)nc1N1CCCC1. The lowest BCUT2D eigenvalue weighted by Gasteiger charge is -2.14. The van der Waals surface area contributed by atoms with E-state index in [0.29, 0.717) is 6.29 Å².